The molecule has 2 aromatic rings. The lowest BCUT2D eigenvalue weighted by Crippen LogP contribution is -2.63. The summed E-state index contributed by atoms with van der Waals surface area (Å²) in [7, 11) is -3.51. The Morgan fingerprint density at radius 3 is 2.70 bits per heavy atom. The lowest BCUT2D eigenvalue weighted by molar-refractivity contribution is -0.108. The summed E-state index contributed by atoms with van der Waals surface area (Å²) in [6.45, 7) is 4.58. The number of nitrogens with one attached hydrogen (secondary N) is 2. The Kier molecular flexibility index (Phi) is 6.06. The van der Waals surface area contributed by atoms with E-state index in [2.05, 4.69) is 51.3 Å². The summed E-state index contributed by atoms with van der Waals surface area (Å²) in [5.41, 5.74) is 0.203. The second-order valence-electron chi connectivity index (χ2n) is 9.24. The molecular weight excluding hydrogens is 398 g/mol. The highest BCUT2D eigenvalue weighted by Crippen LogP contribution is 2.61. The molecular formula is C22H31N5O2S. The number of hydrogen-bond acceptors (Lipinski definition) is 5. The Morgan fingerprint density at radius 1 is 1.20 bits per heavy atom. The third kappa shape index (κ3) is 4.34. The van der Waals surface area contributed by atoms with E-state index in [1.165, 1.54) is 0 Å². The number of benzene rings is 1. The van der Waals surface area contributed by atoms with Gasteiger partial charge in [0, 0.05) is 12.5 Å². The predicted octanol–water partition coefficient (Wildman–Crippen LogP) is 3.50. The number of aromatic amines is 1. The second-order valence-corrected chi connectivity index (χ2v) is 11.0. The molecule has 0 unspecified atom stereocenters. The van der Waals surface area contributed by atoms with Gasteiger partial charge in [-0.05, 0) is 67.4 Å². The summed E-state index contributed by atoms with van der Waals surface area (Å²) >= 11 is 0. The molecule has 3 fully saturated rings. The molecule has 7 nitrogen and oxygen atoms in total. The van der Waals surface area contributed by atoms with Gasteiger partial charge in [0.2, 0.25) is 10.0 Å². The van der Waals surface area contributed by atoms with Crippen LogP contribution in [0.15, 0.2) is 47.4 Å². The quantitative estimate of drug-likeness (QED) is 0.469. The van der Waals surface area contributed by atoms with Gasteiger partial charge in [0.15, 0.2) is 5.82 Å². The van der Waals surface area contributed by atoms with Crippen molar-refractivity contribution < 1.29 is 8.42 Å². The van der Waals surface area contributed by atoms with E-state index in [1.807, 2.05) is 6.07 Å². The van der Waals surface area contributed by atoms with Gasteiger partial charge in [-0.2, -0.15) is 5.21 Å². The largest absolute Gasteiger partial charge is 0.240 e. The number of aryl methyl sites for hydroxylation is 1. The lowest BCUT2D eigenvalue weighted by Gasteiger charge is -2.62. The van der Waals surface area contributed by atoms with Crippen molar-refractivity contribution in [3.63, 3.8) is 0 Å². The molecule has 0 saturated heterocycles. The van der Waals surface area contributed by atoms with Crippen molar-refractivity contribution in [2.45, 2.75) is 63.3 Å². The fourth-order valence-corrected chi connectivity index (χ4v) is 6.60. The topological polar surface area (TPSA) is 101 Å². The zero-order chi connectivity index (χ0) is 21.2. The normalized spacial score (nSPS) is 27.8. The Hall–Kier alpha value is -2.06. The smallest absolute Gasteiger partial charge is 0.207 e. The van der Waals surface area contributed by atoms with Crippen molar-refractivity contribution in [2.75, 3.05) is 0 Å². The summed E-state index contributed by atoms with van der Waals surface area (Å²) in [6.07, 6.45) is 10.3. The van der Waals surface area contributed by atoms with E-state index in [0.717, 1.165) is 44.3 Å². The molecule has 8 heteroatoms. The van der Waals surface area contributed by atoms with Crippen molar-refractivity contribution in [1.29, 1.82) is 0 Å². The fraction of sp³-hybridized carbons (Fsp3) is 0.591. The van der Waals surface area contributed by atoms with Crippen LogP contribution < -0.4 is 4.72 Å². The Balaban J connectivity index is 1.38. The number of tetrazole rings is 1. The molecule has 3 aliphatic rings. The van der Waals surface area contributed by atoms with E-state index in [9.17, 15) is 8.42 Å². The molecule has 3 aliphatic carbocycles. The van der Waals surface area contributed by atoms with Crippen molar-refractivity contribution in [3.8, 4) is 0 Å². The molecule has 3 saturated carbocycles. The molecule has 0 spiro atoms. The number of hydrogen-bond donors (Lipinski definition) is 2. The first-order valence-corrected chi connectivity index (χ1v) is 12.3. The maximum atomic E-state index is 13.0. The molecule has 0 radical (unpaired) electrons. The average Bonchev–Trinajstić information content (AvgIpc) is 3.25. The number of unbranched alkanes of at least 4 members (excludes halogenated alkanes) is 1. The highest BCUT2D eigenvalue weighted by atomic mass is 32.2. The summed E-state index contributed by atoms with van der Waals surface area (Å²) in [5.74, 6) is 2.17. The number of rotatable bonds is 9. The van der Waals surface area contributed by atoms with Crippen LogP contribution in [0, 0.1) is 23.2 Å². The Labute approximate surface area is 178 Å². The van der Waals surface area contributed by atoms with Crippen molar-refractivity contribution in [2.24, 2.45) is 23.2 Å². The molecule has 1 aromatic heterocycles. The van der Waals surface area contributed by atoms with Gasteiger partial charge in [-0.15, -0.1) is 10.2 Å². The van der Waals surface area contributed by atoms with Gasteiger partial charge in [-0.3, -0.25) is 0 Å². The van der Waals surface area contributed by atoms with Crippen LogP contribution in [0.1, 0.15) is 51.8 Å². The summed E-state index contributed by atoms with van der Waals surface area (Å²) in [6, 6.07) is 8.70. The summed E-state index contributed by atoms with van der Waals surface area (Å²) < 4.78 is 29.1. The van der Waals surface area contributed by atoms with Gasteiger partial charge in [0.1, 0.15) is 0 Å². The van der Waals surface area contributed by atoms with E-state index < -0.39 is 10.0 Å². The summed E-state index contributed by atoms with van der Waals surface area (Å²) in [5, 5.41) is 14.0. The molecule has 2 bridgehead atoms. The van der Waals surface area contributed by atoms with E-state index in [-0.39, 0.29) is 11.5 Å². The zero-order valence-electron chi connectivity index (χ0n) is 17.7. The van der Waals surface area contributed by atoms with Crippen LogP contribution in [-0.2, 0) is 16.4 Å². The minimum Gasteiger partial charge on any atom is -0.207 e. The fourth-order valence-electron chi connectivity index (χ4n) is 5.23. The first kappa shape index (κ1) is 21.2. The van der Waals surface area contributed by atoms with Crippen LogP contribution in [0.2, 0.25) is 0 Å². The number of nitrogens with zero attached hydrogens (tertiary/aromatic N) is 3. The highest BCUT2D eigenvalue weighted by molar-refractivity contribution is 7.89. The molecule has 1 aromatic carbocycles. The third-order valence-corrected chi connectivity index (χ3v) is 8.66. The van der Waals surface area contributed by atoms with Crippen LogP contribution in [0.3, 0.4) is 0 Å². The van der Waals surface area contributed by atoms with Crippen molar-refractivity contribution >= 4 is 10.0 Å². The molecule has 4 atom stereocenters. The molecule has 30 heavy (non-hydrogen) atoms. The van der Waals surface area contributed by atoms with Gasteiger partial charge in [-0.25, -0.2) is 13.1 Å². The summed E-state index contributed by atoms with van der Waals surface area (Å²) in [4.78, 5) is 0.347. The molecule has 0 aliphatic heterocycles. The third-order valence-electron chi connectivity index (χ3n) is 7.19. The maximum Gasteiger partial charge on any atom is 0.240 e. The van der Waals surface area contributed by atoms with Crippen LogP contribution >= 0.6 is 0 Å². The number of sulfonamides is 1. The van der Waals surface area contributed by atoms with Gasteiger partial charge in [0.05, 0.1) is 4.90 Å². The SMILES string of the molecule is CC1(C)[C@H]2C[C@H](C/C=C\CCCc3nn[nH]n3)[C@@H](NS(=O)(=O)c3ccccc3)[C@@H]1C2. The number of H-pyrrole nitrogens is 1. The average molecular weight is 430 g/mol. The van der Waals surface area contributed by atoms with E-state index in [1.54, 1.807) is 24.3 Å². The molecule has 5 rings (SSSR count). The Bertz CT molecular complexity index is 957. The van der Waals surface area contributed by atoms with Crippen molar-refractivity contribution in [1.82, 2.24) is 25.3 Å². The number of allylic oxidation sites excluding steroid dienone is 2. The van der Waals surface area contributed by atoms with E-state index in [0.29, 0.717) is 22.6 Å². The molecule has 2 N–H and O–H groups in total. The molecule has 162 valence electrons. The van der Waals surface area contributed by atoms with Crippen molar-refractivity contribution in [3.05, 3.63) is 48.3 Å². The van der Waals surface area contributed by atoms with Crippen LogP contribution in [0.25, 0.3) is 0 Å². The number of aromatic nitrogens is 4. The zero-order valence-corrected chi connectivity index (χ0v) is 18.5. The number of fused-ring (bicyclic) bond motifs is 2. The molecule has 0 amide bonds. The van der Waals surface area contributed by atoms with Gasteiger partial charge < -0.3 is 0 Å². The molecule has 1 heterocycles. The van der Waals surface area contributed by atoms with E-state index in [4.69, 9.17) is 0 Å². The van der Waals surface area contributed by atoms with Crippen LogP contribution in [-0.4, -0.2) is 35.1 Å². The van der Waals surface area contributed by atoms with Gasteiger partial charge >= 0.3 is 0 Å². The first-order chi connectivity index (χ1) is 14.4. The minimum atomic E-state index is -3.51. The van der Waals surface area contributed by atoms with Gasteiger partial charge in [-0.1, -0.05) is 49.4 Å². The van der Waals surface area contributed by atoms with Crippen LogP contribution in [0.5, 0.6) is 0 Å². The standard InChI is InChI=1S/C22H31N5O2S/c1-22(2)17-14-16(10-6-3-4-9-13-20-23-26-27-24-20)21(19(22)15-17)25-30(28,29)18-11-7-5-8-12-18/h3,5-8,11-12,16-17,19,21,25H,4,9-10,13-15H2,1-2H3,(H,23,24,26,27)/b6-3-/t16-,17-,19-,21+/m0/s1. The highest BCUT2D eigenvalue weighted by Gasteiger charge is 2.58. The minimum absolute atomic E-state index is 0.0146. The monoisotopic (exact) mass is 429 g/mol. The van der Waals surface area contributed by atoms with Gasteiger partial charge in [0.25, 0.3) is 0 Å². The second kappa shape index (κ2) is 8.59. The Morgan fingerprint density at radius 2 is 2.00 bits per heavy atom. The lowest BCUT2D eigenvalue weighted by atomic mass is 9.45. The predicted molar refractivity (Wildman–Crippen MR) is 115 cm³/mol. The van der Waals surface area contributed by atoms with Crippen LogP contribution in [0.4, 0.5) is 0 Å². The van der Waals surface area contributed by atoms with E-state index >= 15 is 0 Å². The maximum absolute atomic E-state index is 13.0. The first-order valence-electron chi connectivity index (χ1n) is 10.8.